The summed E-state index contributed by atoms with van der Waals surface area (Å²) in [7, 11) is -3.12. The summed E-state index contributed by atoms with van der Waals surface area (Å²) >= 11 is 0. The van der Waals surface area contributed by atoms with Gasteiger partial charge in [-0.05, 0) is 50.5 Å². The van der Waals surface area contributed by atoms with Gasteiger partial charge in [0.15, 0.2) is 9.84 Å². The lowest BCUT2D eigenvalue weighted by molar-refractivity contribution is 0.515. The van der Waals surface area contributed by atoms with Gasteiger partial charge in [0.2, 0.25) is 0 Å². The maximum absolute atomic E-state index is 11.4. The van der Waals surface area contributed by atoms with E-state index < -0.39 is 9.84 Å². The predicted molar refractivity (Wildman–Crippen MR) is 66.3 cm³/mol. The molecule has 2 N–H and O–H groups in total. The van der Waals surface area contributed by atoms with Crippen molar-refractivity contribution < 1.29 is 8.42 Å². The zero-order valence-electron chi connectivity index (χ0n) is 10.2. The molecule has 0 spiro atoms. The molecule has 16 heavy (non-hydrogen) atoms. The van der Waals surface area contributed by atoms with Gasteiger partial charge in [-0.3, -0.25) is 0 Å². The highest BCUT2D eigenvalue weighted by Crippen LogP contribution is 2.18. The Hall–Kier alpha value is -0.870. The summed E-state index contributed by atoms with van der Waals surface area (Å²) in [6.45, 7) is 5.82. The fourth-order valence-electron chi connectivity index (χ4n) is 1.59. The van der Waals surface area contributed by atoms with Crippen LogP contribution in [0.4, 0.5) is 0 Å². The molecule has 0 amide bonds. The second-order valence-electron chi connectivity index (χ2n) is 5.03. The van der Waals surface area contributed by atoms with Crippen LogP contribution in [-0.2, 0) is 16.3 Å². The summed E-state index contributed by atoms with van der Waals surface area (Å²) in [5.74, 6) is 0. The lowest BCUT2D eigenvalue weighted by Crippen LogP contribution is -2.34. The van der Waals surface area contributed by atoms with Gasteiger partial charge >= 0.3 is 0 Å². The average molecular weight is 241 g/mol. The molecule has 4 heteroatoms. The van der Waals surface area contributed by atoms with E-state index >= 15 is 0 Å². The third-order valence-corrected chi connectivity index (χ3v) is 3.50. The Kier molecular flexibility index (Phi) is 3.45. The van der Waals surface area contributed by atoms with E-state index in [1.807, 2.05) is 26.8 Å². The highest BCUT2D eigenvalue weighted by molar-refractivity contribution is 7.90. The maximum atomic E-state index is 11.4. The molecule has 0 fully saturated rings. The van der Waals surface area contributed by atoms with Crippen LogP contribution in [0.1, 0.15) is 25.0 Å². The van der Waals surface area contributed by atoms with Crippen LogP contribution in [-0.4, -0.2) is 20.2 Å². The van der Waals surface area contributed by atoms with Crippen LogP contribution in [0, 0.1) is 6.92 Å². The smallest absolute Gasteiger partial charge is 0.175 e. The Balaban J connectivity index is 3.11. The SMILES string of the molecule is Cc1cc(S(C)(=O)=O)ccc1CC(C)(C)N. The quantitative estimate of drug-likeness (QED) is 0.876. The molecule has 0 aromatic heterocycles. The summed E-state index contributed by atoms with van der Waals surface area (Å²) in [6, 6.07) is 5.19. The van der Waals surface area contributed by atoms with Crippen LogP contribution in [0.25, 0.3) is 0 Å². The number of nitrogens with two attached hydrogens (primary N) is 1. The normalized spacial score (nSPS) is 12.8. The lowest BCUT2D eigenvalue weighted by Gasteiger charge is -2.20. The van der Waals surface area contributed by atoms with Gasteiger partial charge < -0.3 is 5.73 Å². The minimum Gasteiger partial charge on any atom is -0.325 e. The molecular formula is C12H19NO2S. The van der Waals surface area contributed by atoms with Crippen molar-refractivity contribution in [3.05, 3.63) is 29.3 Å². The third kappa shape index (κ3) is 3.61. The number of hydrogen-bond donors (Lipinski definition) is 1. The molecule has 0 bridgehead atoms. The van der Waals surface area contributed by atoms with Crippen molar-refractivity contribution in [1.82, 2.24) is 0 Å². The number of rotatable bonds is 3. The lowest BCUT2D eigenvalue weighted by atomic mass is 9.93. The van der Waals surface area contributed by atoms with Gasteiger partial charge in [0.1, 0.15) is 0 Å². The summed E-state index contributed by atoms with van der Waals surface area (Å²) in [5.41, 5.74) is 7.73. The average Bonchev–Trinajstić information content (AvgIpc) is 2.04. The first-order valence-electron chi connectivity index (χ1n) is 5.18. The van der Waals surface area contributed by atoms with Crippen molar-refractivity contribution in [3.63, 3.8) is 0 Å². The summed E-state index contributed by atoms with van der Waals surface area (Å²) in [5, 5.41) is 0. The molecule has 0 aliphatic rings. The van der Waals surface area contributed by atoms with Gasteiger partial charge in [0, 0.05) is 11.8 Å². The van der Waals surface area contributed by atoms with Crippen molar-refractivity contribution >= 4 is 9.84 Å². The first-order chi connectivity index (χ1) is 7.09. The zero-order chi connectivity index (χ0) is 12.6. The second kappa shape index (κ2) is 4.18. The molecule has 0 heterocycles. The van der Waals surface area contributed by atoms with Crippen molar-refractivity contribution in [3.8, 4) is 0 Å². The fourth-order valence-corrected chi connectivity index (χ4v) is 2.29. The van der Waals surface area contributed by atoms with E-state index in [9.17, 15) is 8.42 Å². The molecule has 0 unspecified atom stereocenters. The molecule has 0 saturated heterocycles. The van der Waals surface area contributed by atoms with Gasteiger partial charge in [0.05, 0.1) is 4.90 Å². The predicted octanol–water partition coefficient (Wildman–Crippen LogP) is 1.68. The number of aryl methyl sites for hydroxylation is 1. The highest BCUT2D eigenvalue weighted by atomic mass is 32.2. The van der Waals surface area contributed by atoms with E-state index in [0.29, 0.717) is 4.90 Å². The maximum Gasteiger partial charge on any atom is 0.175 e. The first kappa shape index (κ1) is 13.2. The number of hydrogen-bond acceptors (Lipinski definition) is 3. The fraction of sp³-hybridized carbons (Fsp3) is 0.500. The van der Waals surface area contributed by atoms with Gasteiger partial charge in [-0.1, -0.05) is 6.07 Å². The Morgan fingerprint density at radius 2 is 1.88 bits per heavy atom. The first-order valence-corrected chi connectivity index (χ1v) is 7.07. The molecule has 1 aromatic carbocycles. The van der Waals surface area contributed by atoms with Gasteiger partial charge in [-0.25, -0.2) is 8.42 Å². The van der Waals surface area contributed by atoms with E-state index in [1.54, 1.807) is 12.1 Å². The standard InChI is InChI=1S/C12H19NO2S/c1-9-7-11(16(4,14)15)6-5-10(9)8-12(2,3)13/h5-7H,8,13H2,1-4H3. The number of sulfone groups is 1. The van der Waals surface area contributed by atoms with Crippen LogP contribution in [0.2, 0.25) is 0 Å². The van der Waals surface area contributed by atoms with Crippen LogP contribution >= 0.6 is 0 Å². The zero-order valence-corrected chi connectivity index (χ0v) is 11.1. The molecule has 0 radical (unpaired) electrons. The van der Waals surface area contributed by atoms with Crippen LogP contribution in [0.5, 0.6) is 0 Å². The summed E-state index contributed by atoms with van der Waals surface area (Å²) in [6.07, 6.45) is 1.96. The molecule has 1 aromatic rings. The molecule has 0 atom stereocenters. The van der Waals surface area contributed by atoms with Crippen LogP contribution in [0.15, 0.2) is 23.1 Å². The minimum absolute atomic E-state index is 0.280. The number of benzene rings is 1. The molecule has 0 saturated carbocycles. The van der Waals surface area contributed by atoms with E-state index in [-0.39, 0.29) is 5.54 Å². The Labute approximate surface area is 97.6 Å². The monoisotopic (exact) mass is 241 g/mol. The van der Waals surface area contributed by atoms with Gasteiger partial charge in [-0.15, -0.1) is 0 Å². The van der Waals surface area contributed by atoms with Crippen molar-refractivity contribution in [2.45, 2.75) is 37.6 Å². The topological polar surface area (TPSA) is 60.2 Å². The molecule has 90 valence electrons. The Bertz CT molecular complexity index is 484. The molecule has 1 rings (SSSR count). The highest BCUT2D eigenvalue weighted by Gasteiger charge is 2.15. The minimum atomic E-state index is -3.12. The Morgan fingerprint density at radius 3 is 2.25 bits per heavy atom. The Morgan fingerprint density at radius 1 is 1.31 bits per heavy atom. The second-order valence-corrected chi connectivity index (χ2v) is 7.04. The third-order valence-electron chi connectivity index (χ3n) is 2.39. The molecular weight excluding hydrogens is 222 g/mol. The van der Waals surface area contributed by atoms with Gasteiger partial charge in [0.25, 0.3) is 0 Å². The summed E-state index contributed by atoms with van der Waals surface area (Å²) < 4.78 is 22.7. The molecule has 0 aliphatic carbocycles. The van der Waals surface area contributed by atoms with Crippen molar-refractivity contribution in [2.24, 2.45) is 5.73 Å². The largest absolute Gasteiger partial charge is 0.325 e. The van der Waals surface area contributed by atoms with E-state index in [0.717, 1.165) is 17.5 Å². The van der Waals surface area contributed by atoms with E-state index in [4.69, 9.17) is 5.73 Å². The van der Waals surface area contributed by atoms with Crippen LogP contribution in [0.3, 0.4) is 0 Å². The van der Waals surface area contributed by atoms with Gasteiger partial charge in [-0.2, -0.15) is 0 Å². The van der Waals surface area contributed by atoms with Crippen molar-refractivity contribution in [2.75, 3.05) is 6.26 Å². The van der Waals surface area contributed by atoms with Crippen molar-refractivity contribution in [1.29, 1.82) is 0 Å². The molecule has 3 nitrogen and oxygen atoms in total. The van der Waals surface area contributed by atoms with Crippen LogP contribution < -0.4 is 5.73 Å². The molecule has 0 aliphatic heterocycles. The summed E-state index contributed by atoms with van der Waals surface area (Å²) in [4.78, 5) is 0.364. The van der Waals surface area contributed by atoms with E-state index in [1.165, 1.54) is 6.26 Å². The van der Waals surface area contributed by atoms with E-state index in [2.05, 4.69) is 0 Å².